The van der Waals surface area contributed by atoms with Crippen molar-refractivity contribution in [2.75, 3.05) is 32.7 Å². The van der Waals surface area contributed by atoms with E-state index in [2.05, 4.69) is 6.58 Å². The minimum atomic E-state index is -0.806. The molecule has 4 nitrogen and oxygen atoms in total. The van der Waals surface area contributed by atoms with E-state index < -0.39 is 17.7 Å². The van der Waals surface area contributed by atoms with Gasteiger partial charge in [-0.05, 0) is 25.1 Å². The Bertz CT molecular complexity index is 543. The Labute approximate surface area is 129 Å². The van der Waals surface area contributed by atoms with Gasteiger partial charge in [0.25, 0.3) is 5.91 Å². The van der Waals surface area contributed by atoms with E-state index in [4.69, 9.17) is 4.74 Å². The van der Waals surface area contributed by atoms with Crippen LogP contribution in [0.15, 0.2) is 30.9 Å². The molecule has 1 atom stereocenters. The molecule has 1 saturated heterocycles. The van der Waals surface area contributed by atoms with Crippen LogP contribution in [-0.4, -0.2) is 49.6 Å². The molecular weight excluding hydrogens is 290 g/mol. The molecular formula is C16H21F2N2O2+. The van der Waals surface area contributed by atoms with Crippen molar-refractivity contribution in [1.29, 1.82) is 0 Å². The van der Waals surface area contributed by atoms with E-state index in [1.54, 1.807) is 11.8 Å². The van der Waals surface area contributed by atoms with E-state index in [9.17, 15) is 13.6 Å². The smallest absolute Gasteiger partial charge is 0.263 e. The molecule has 120 valence electrons. The second-order valence-corrected chi connectivity index (χ2v) is 5.40. The van der Waals surface area contributed by atoms with Crippen molar-refractivity contribution >= 4 is 5.91 Å². The number of hydrogen-bond acceptors (Lipinski definition) is 2. The lowest BCUT2D eigenvalue weighted by Gasteiger charge is -2.33. The Morgan fingerprint density at radius 3 is 2.73 bits per heavy atom. The third-order valence-corrected chi connectivity index (χ3v) is 3.76. The number of benzene rings is 1. The molecule has 1 aromatic carbocycles. The summed E-state index contributed by atoms with van der Waals surface area (Å²) < 4.78 is 31.7. The molecule has 1 amide bonds. The van der Waals surface area contributed by atoms with Gasteiger partial charge in [-0.1, -0.05) is 6.58 Å². The molecule has 0 unspecified atom stereocenters. The van der Waals surface area contributed by atoms with E-state index >= 15 is 0 Å². The van der Waals surface area contributed by atoms with Gasteiger partial charge in [0.2, 0.25) is 0 Å². The molecule has 0 aliphatic carbocycles. The predicted octanol–water partition coefficient (Wildman–Crippen LogP) is 0.645. The van der Waals surface area contributed by atoms with Crippen LogP contribution in [0.5, 0.6) is 5.75 Å². The van der Waals surface area contributed by atoms with Gasteiger partial charge in [0, 0.05) is 6.07 Å². The summed E-state index contributed by atoms with van der Waals surface area (Å²) in [7, 11) is 0. The fourth-order valence-corrected chi connectivity index (χ4v) is 2.52. The minimum absolute atomic E-state index is 0.113. The average molecular weight is 311 g/mol. The monoisotopic (exact) mass is 311 g/mol. The van der Waals surface area contributed by atoms with Crippen LogP contribution in [-0.2, 0) is 4.79 Å². The number of nitrogens with zero attached hydrogens (tertiary/aromatic N) is 1. The van der Waals surface area contributed by atoms with Crippen LogP contribution >= 0.6 is 0 Å². The Hall–Kier alpha value is -1.95. The van der Waals surface area contributed by atoms with Crippen LogP contribution in [0.25, 0.3) is 0 Å². The number of carbonyl (C=O) groups is 1. The largest absolute Gasteiger partial charge is 0.478 e. The number of hydrogen-bond donors (Lipinski definition) is 1. The molecule has 0 radical (unpaired) electrons. The number of amides is 1. The van der Waals surface area contributed by atoms with Crippen LogP contribution in [0.1, 0.15) is 6.92 Å². The molecule has 1 aromatic rings. The van der Waals surface area contributed by atoms with E-state index in [-0.39, 0.29) is 11.7 Å². The molecule has 1 aliphatic rings. The summed E-state index contributed by atoms with van der Waals surface area (Å²) in [6, 6.07) is 3.04. The molecule has 2 rings (SSSR count). The summed E-state index contributed by atoms with van der Waals surface area (Å²) >= 11 is 0. The number of piperazine rings is 1. The fourth-order valence-electron chi connectivity index (χ4n) is 2.52. The van der Waals surface area contributed by atoms with E-state index in [0.29, 0.717) is 13.1 Å². The molecule has 0 saturated carbocycles. The fraction of sp³-hybridized carbons (Fsp3) is 0.438. The molecule has 0 bridgehead atoms. The van der Waals surface area contributed by atoms with Crippen molar-refractivity contribution in [2.45, 2.75) is 13.0 Å². The van der Waals surface area contributed by atoms with E-state index in [0.717, 1.165) is 31.8 Å². The molecule has 1 N–H and O–H groups in total. The Morgan fingerprint density at radius 2 is 2.14 bits per heavy atom. The molecule has 0 aromatic heterocycles. The molecule has 1 fully saturated rings. The Balaban J connectivity index is 1.91. The van der Waals surface area contributed by atoms with Gasteiger partial charge in [-0.25, -0.2) is 8.78 Å². The van der Waals surface area contributed by atoms with Crippen LogP contribution < -0.4 is 9.64 Å². The zero-order valence-electron chi connectivity index (χ0n) is 12.6. The van der Waals surface area contributed by atoms with Gasteiger partial charge in [0.1, 0.15) is 5.82 Å². The molecule has 22 heavy (non-hydrogen) atoms. The SMILES string of the molecule is C=CC[NH+]1CCN(C(=O)[C@@H](C)Oc2ccc(F)cc2F)CC1. The lowest BCUT2D eigenvalue weighted by Crippen LogP contribution is -3.14. The zero-order chi connectivity index (χ0) is 16.1. The standard InChI is InChI=1S/C16H20F2N2O2/c1-3-6-19-7-9-20(10-8-19)16(21)12(2)22-15-5-4-13(17)11-14(15)18/h3-5,11-12H,1,6-10H2,2H3/p+1/t12-/m1/s1. The zero-order valence-corrected chi connectivity index (χ0v) is 12.6. The molecule has 1 aliphatic heterocycles. The first-order valence-electron chi connectivity index (χ1n) is 7.36. The summed E-state index contributed by atoms with van der Waals surface area (Å²) in [4.78, 5) is 15.4. The molecule has 0 spiro atoms. The van der Waals surface area contributed by atoms with Gasteiger partial charge in [-0.15, -0.1) is 0 Å². The number of quaternary nitrogens is 1. The van der Waals surface area contributed by atoms with Gasteiger partial charge in [-0.2, -0.15) is 0 Å². The first kappa shape index (κ1) is 16.4. The highest BCUT2D eigenvalue weighted by atomic mass is 19.1. The first-order chi connectivity index (χ1) is 10.5. The maximum absolute atomic E-state index is 13.5. The van der Waals surface area contributed by atoms with Crippen LogP contribution in [0.2, 0.25) is 0 Å². The summed E-state index contributed by atoms with van der Waals surface area (Å²) in [5, 5.41) is 0. The Morgan fingerprint density at radius 1 is 1.45 bits per heavy atom. The highest BCUT2D eigenvalue weighted by Gasteiger charge is 2.27. The number of ether oxygens (including phenoxy) is 1. The third-order valence-electron chi connectivity index (χ3n) is 3.76. The first-order valence-corrected chi connectivity index (χ1v) is 7.36. The van der Waals surface area contributed by atoms with Gasteiger partial charge >= 0.3 is 0 Å². The second-order valence-electron chi connectivity index (χ2n) is 5.40. The van der Waals surface area contributed by atoms with E-state index in [1.807, 2.05) is 6.08 Å². The van der Waals surface area contributed by atoms with Gasteiger partial charge in [0.15, 0.2) is 17.7 Å². The highest BCUT2D eigenvalue weighted by Crippen LogP contribution is 2.19. The van der Waals surface area contributed by atoms with E-state index in [1.165, 1.54) is 11.0 Å². The summed E-state index contributed by atoms with van der Waals surface area (Å²) in [6.07, 6.45) is 1.07. The highest BCUT2D eigenvalue weighted by molar-refractivity contribution is 5.81. The Kier molecular flexibility index (Phi) is 5.49. The maximum Gasteiger partial charge on any atom is 0.263 e. The van der Waals surface area contributed by atoms with Crippen molar-refractivity contribution in [3.05, 3.63) is 42.5 Å². The number of rotatable bonds is 5. The van der Waals surface area contributed by atoms with Gasteiger partial charge in [-0.3, -0.25) is 4.79 Å². The average Bonchev–Trinajstić information content (AvgIpc) is 2.50. The second kappa shape index (κ2) is 7.35. The quantitative estimate of drug-likeness (QED) is 0.810. The predicted molar refractivity (Wildman–Crippen MR) is 78.8 cm³/mol. The van der Waals surface area contributed by atoms with Crippen molar-refractivity contribution in [2.24, 2.45) is 0 Å². The van der Waals surface area contributed by atoms with Gasteiger partial charge in [0.05, 0.1) is 32.7 Å². The summed E-state index contributed by atoms with van der Waals surface area (Å²) in [5.41, 5.74) is 0. The topological polar surface area (TPSA) is 34.0 Å². The molecule has 6 heteroatoms. The lowest BCUT2D eigenvalue weighted by atomic mass is 10.2. The van der Waals surface area contributed by atoms with Crippen LogP contribution in [0, 0.1) is 11.6 Å². The van der Waals surface area contributed by atoms with Gasteiger partial charge < -0.3 is 14.5 Å². The van der Waals surface area contributed by atoms with Crippen LogP contribution in [0.4, 0.5) is 8.78 Å². The number of nitrogens with one attached hydrogen (secondary N) is 1. The summed E-state index contributed by atoms with van der Waals surface area (Å²) in [6.45, 7) is 9.17. The number of carbonyl (C=O) groups excluding carboxylic acids is 1. The maximum atomic E-state index is 13.5. The van der Waals surface area contributed by atoms with Crippen molar-refractivity contribution in [3.63, 3.8) is 0 Å². The van der Waals surface area contributed by atoms with Crippen molar-refractivity contribution in [3.8, 4) is 5.75 Å². The minimum Gasteiger partial charge on any atom is -0.478 e. The third kappa shape index (κ3) is 4.04. The number of halogens is 2. The van der Waals surface area contributed by atoms with Crippen molar-refractivity contribution in [1.82, 2.24) is 4.90 Å². The normalized spacial score (nSPS) is 17.1. The van der Waals surface area contributed by atoms with Crippen LogP contribution in [0.3, 0.4) is 0 Å². The lowest BCUT2D eigenvalue weighted by molar-refractivity contribution is -0.898. The van der Waals surface area contributed by atoms with Crippen molar-refractivity contribution < 1.29 is 23.2 Å². The molecule has 1 heterocycles. The summed E-state index contributed by atoms with van der Waals surface area (Å²) in [5.74, 6) is -1.77.